The van der Waals surface area contributed by atoms with Gasteiger partial charge in [0.05, 0.1) is 0 Å². The highest BCUT2D eigenvalue weighted by atomic mass is 35.6. The van der Waals surface area contributed by atoms with Gasteiger partial charge in [0.1, 0.15) is 0 Å². The number of hydrogen-bond acceptors (Lipinski definition) is 0. The van der Waals surface area contributed by atoms with Gasteiger partial charge in [0.25, 0.3) is 0 Å². The summed E-state index contributed by atoms with van der Waals surface area (Å²) in [7, 11) is -1.56. The van der Waals surface area contributed by atoms with Gasteiger partial charge >= 0.3 is 0 Å². The summed E-state index contributed by atoms with van der Waals surface area (Å²) in [5.74, 6) is 0. The van der Waals surface area contributed by atoms with E-state index in [-0.39, 0.29) is 0 Å². The average molecular weight is 189 g/mol. The second-order valence-electron chi connectivity index (χ2n) is 3.68. The Hall–Kier alpha value is -0.0131. The maximum Gasteiger partial charge on any atom is 0.161 e. The van der Waals surface area contributed by atoms with Gasteiger partial charge in [-0.25, -0.2) is 0 Å². The predicted octanol–water partition coefficient (Wildman–Crippen LogP) is 3.95. The minimum atomic E-state index is -1.56. The lowest BCUT2D eigenvalue weighted by atomic mass is 10.4. The molecule has 0 aliphatic heterocycles. The summed E-state index contributed by atoms with van der Waals surface area (Å²) in [6, 6.07) is 2.00. The lowest BCUT2D eigenvalue weighted by molar-refractivity contribution is 1.29. The van der Waals surface area contributed by atoms with Gasteiger partial charge in [-0.15, -0.1) is 13.2 Å². The van der Waals surface area contributed by atoms with E-state index >= 15 is 0 Å². The van der Waals surface area contributed by atoms with Crippen LogP contribution in [0.2, 0.25) is 18.6 Å². The van der Waals surface area contributed by atoms with E-state index in [9.17, 15) is 0 Å². The molecular formula is C9H17ClSi. The molecule has 0 spiro atoms. The Bertz CT molecular complexity index is 152. The van der Waals surface area contributed by atoms with Crippen molar-refractivity contribution in [2.45, 2.75) is 32.5 Å². The maximum atomic E-state index is 6.34. The van der Waals surface area contributed by atoms with Crippen LogP contribution in [0.4, 0.5) is 0 Å². The number of rotatable bonds is 4. The molecule has 0 aromatic heterocycles. The minimum absolute atomic E-state index is 1.00. The molecule has 0 aliphatic rings. The smallest absolute Gasteiger partial charge is 0.161 e. The fraction of sp³-hybridized carbons (Fsp3) is 0.556. The van der Waals surface area contributed by atoms with Crippen LogP contribution in [0.25, 0.3) is 0 Å². The summed E-state index contributed by atoms with van der Waals surface area (Å²) in [5.41, 5.74) is 2.38. The van der Waals surface area contributed by atoms with Crippen molar-refractivity contribution in [1.82, 2.24) is 0 Å². The Morgan fingerprint density at radius 2 is 1.45 bits per heavy atom. The molecule has 0 aromatic rings. The normalized spacial score (nSPS) is 11.3. The zero-order chi connectivity index (χ0) is 9.07. The summed E-state index contributed by atoms with van der Waals surface area (Å²) in [5, 5.41) is 0. The second-order valence-corrected chi connectivity index (χ2v) is 9.95. The lowest BCUT2D eigenvalue weighted by Gasteiger charge is -2.18. The molecule has 0 rings (SSSR count). The third kappa shape index (κ3) is 6.39. The van der Waals surface area contributed by atoms with Gasteiger partial charge in [-0.2, -0.15) is 11.1 Å². The Kier molecular flexibility index (Phi) is 4.12. The number of allylic oxidation sites excluding steroid dienone is 2. The summed E-state index contributed by atoms with van der Waals surface area (Å²) < 4.78 is 0. The molecule has 0 aliphatic carbocycles. The summed E-state index contributed by atoms with van der Waals surface area (Å²) in [6.45, 7) is 14.0. The predicted molar refractivity (Wildman–Crippen MR) is 56.7 cm³/mol. The Morgan fingerprint density at radius 3 is 1.64 bits per heavy atom. The zero-order valence-corrected chi connectivity index (χ0v) is 9.46. The topological polar surface area (TPSA) is 0 Å². The first-order valence-corrected chi connectivity index (χ1v) is 7.74. The van der Waals surface area contributed by atoms with Crippen molar-refractivity contribution in [3.8, 4) is 0 Å². The molecule has 0 saturated carbocycles. The standard InChI is InChI=1S/C9H17ClSi/c1-8(2)6-11(5,10)7-9(3)4/h1,3,6-7H2,2,4-5H3. The van der Waals surface area contributed by atoms with E-state index in [2.05, 4.69) is 19.7 Å². The molecule has 0 unspecified atom stereocenters. The van der Waals surface area contributed by atoms with Crippen LogP contribution >= 0.6 is 11.1 Å². The molecule has 0 saturated heterocycles. The van der Waals surface area contributed by atoms with E-state index in [1.54, 1.807) is 0 Å². The zero-order valence-electron chi connectivity index (χ0n) is 7.71. The fourth-order valence-corrected chi connectivity index (χ4v) is 5.33. The first kappa shape index (κ1) is 11.0. The second kappa shape index (κ2) is 4.12. The third-order valence-electron chi connectivity index (χ3n) is 1.34. The quantitative estimate of drug-likeness (QED) is 0.356. The molecule has 2 heteroatoms. The number of halogens is 1. The first-order valence-electron chi connectivity index (χ1n) is 3.81. The minimum Gasteiger partial charge on any atom is -0.167 e. The van der Waals surface area contributed by atoms with Crippen LogP contribution in [-0.2, 0) is 0 Å². The third-order valence-corrected chi connectivity index (χ3v) is 4.82. The van der Waals surface area contributed by atoms with Crippen molar-refractivity contribution >= 4 is 18.5 Å². The molecule has 0 radical (unpaired) electrons. The van der Waals surface area contributed by atoms with Crippen molar-refractivity contribution in [2.75, 3.05) is 0 Å². The Morgan fingerprint density at radius 1 is 1.18 bits per heavy atom. The molecule has 0 aromatic carbocycles. The van der Waals surface area contributed by atoms with E-state index in [0.29, 0.717) is 0 Å². The van der Waals surface area contributed by atoms with E-state index in [1.807, 2.05) is 13.8 Å². The van der Waals surface area contributed by atoms with Gasteiger partial charge in [-0.3, -0.25) is 0 Å². The molecule has 0 bridgehead atoms. The summed E-state index contributed by atoms with van der Waals surface area (Å²) >= 11 is 6.34. The molecular weight excluding hydrogens is 172 g/mol. The molecule has 0 nitrogen and oxygen atoms in total. The monoisotopic (exact) mass is 188 g/mol. The van der Waals surface area contributed by atoms with Crippen molar-refractivity contribution in [3.63, 3.8) is 0 Å². The van der Waals surface area contributed by atoms with E-state index in [4.69, 9.17) is 11.1 Å². The molecule has 0 heterocycles. The van der Waals surface area contributed by atoms with Gasteiger partial charge in [0.15, 0.2) is 7.38 Å². The highest BCUT2D eigenvalue weighted by Crippen LogP contribution is 2.26. The van der Waals surface area contributed by atoms with Gasteiger partial charge in [-0.1, -0.05) is 17.7 Å². The van der Waals surface area contributed by atoms with Crippen molar-refractivity contribution in [1.29, 1.82) is 0 Å². The molecule has 0 atom stereocenters. The highest BCUT2D eigenvalue weighted by Gasteiger charge is 2.23. The Balaban J connectivity index is 3.99. The van der Waals surface area contributed by atoms with Crippen molar-refractivity contribution in [3.05, 3.63) is 24.3 Å². The highest BCUT2D eigenvalue weighted by molar-refractivity contribution is 7.20. The van der Waals surface area contributed by atoms with Crippen LogP contribution < -0.4 is 0 Å². The van der Waals surface area contributed by atoms with Crippen LogP contribution in [0.5, 0.6) is 0 Å². The van der Waals surface area contributed by atoms with E-state index in [0.717, 1.165) is 12.1 Å². The van der Waals surface area contributed by atoms with Gasteiger partial charge in [-0.05, 0) is 25.9 Å². The first-order chi connectivity index (χ1) is 4.83. The molecule has 64 valence electrons. The average Bonchev–Trinajstić information content (AvgIpc) is 1.53. The van der Waals surface area contributed by atoms with Crippen LogP contribution in [-0.4, -0.2) is 7.38 Å². The van der Waals surface area contributed by atoms with Crippen LogP contribution in [0, 0.1) is 0 Å². The van der Waals surface area contributed by atoms with Crippen molar-refractivity contribution < 1.29 is 0 Å². The van der Waals surface area contributed by atoms with Gasteiger partial charge < -0.3 is 0 Å². The fourth-order valence-electron chi connectivity index (χ4n) is 1.32. The molecule has 0 fully saturated rings. The largest absolute Gasteiger partial charge is 0.167 e. The van der Waals surface area contributed by atoms with Crippen LogP contribution in [0.3, 0.4) is 0 Å². The van der Waals surface area contributed by atoms with Gasteiger partial charge in [0.2, 0.25) is 0 Å². The van der Waals surface area contributed by atoms with Crippen LogP contribution in [0.1, 0.15) is 13.8 Å². The van der Waals surface area contributed by atoms with E-state index < -0.39 is 7.38 Å². The van der Waals surface area contributed by atoms with E-state index in [1.165, 1.54) is 11.1 Å². The van der Waals surface area contributed by atoms with Crippen molar-refractivity contribution in [2.24, 2.45) is 0 Å². The maximum absolute atomic E-state index is 6.34. The number of hydrogen-bond donors (Lipinski definition) is 0. The lowest BCUT2D eigenvalue weighted by Crippen LogP contribution is -2.21. The van der Waals surface area contributed by atoms with Gasteiger partial charge in [0, 0.05) is 0 Å². The van der Waals surface area contributed by atoms with Crippen LogP contribution in [0.15, 0.2) is 24.3 Å². The molecule has 11 heavy (non-hydrogen) atoms. The Labute approximate surface area is 75.7 Å². The SMILES string of the molecule is C=C(C)C[Si](C)(Cl)CC(=C)C. The summed E-state index contributed by atoms with van der Waals surface area (Å²) in [6.07, 6.45) is 0. The molecule has 0 amide bonds. The molecule has 0 N–H and O–H groups in total. The summed E-state index contributed by atoms with van der Waals surface area (Å²) in [4.78, 5) is 0.